The molecule has 0 spiro atoms. The summed E-state index contributed by atoms with van der Waals surface area (Å²) in [6.07, 6.45) is 1.06. The van der Waals surface area contributed by atoms with E-state index < -0.39 is 11.9 Å². The standard InChI is InChI=1S/C28H28Cl4N2O3/c1-3-18(2)33-28(36)25(13-19-7-5-4-6-8-19)34(16-20-9-10-21(29)14-23(20)31)27(35)17-37-26-12-11-22(30)15-24(26)32/h4-12,14-15,18,25H,3,13,16-17H2,1-2H3,(H,33,36)/t18-,25-/m0/s1. The molecule has 0 aliphatic rings. The van der Waals surface area contributed by atoms with E-state index in [0.29, 0.717) is 32.8 Å². The lowest BCUT2D eigenvalue weighted by molar-refractivity contribution is -0.143. The van der Waals surface area contributed by atoms with Gasteiger partial charge in [-0.2, -0.15) is 0 Å². The van der Waals surface area contributed by atoms with Crippen LogP contribution in [0.2, 0.25) is 20.1 Å². The Morgan fingerprint density at radius 1 is 0.919 bits per heavy atom. The van der Waals surface area contributed by atoms with Crippen LogP contribution in [-0.2, 0) is 22.6 Å². The van der Waals surface area contributed by atoms with Crippen molar-refractivity contribution in [3.05, 3.63) is 97.9 Å². The summed E-state index contributed by atoms with van der Waals surface area (Å²) in [5.41, 5.74) is 1.56. The first kappa shape index (κ1) is 29.1. The third-order valence-electron chi connectivity index (χ3n) is 5.87. The predicted octanol–water partition coefficient (Wildman–Crippen LogP) is 7.23. The molecule has 9 heteroatoms. The van der Waals surface area contributed by atoms with Crippen molar-refractivity contribution in [2.45, 2.75) is 45.3 Å². The van der Waals surface area contributed by atoms with Gasteiger partial charge in [-0.05, 0) is 54.8 Å². The lowest BCUT2D eigenvalue weighted by atomic mass is 10.0. The molecule has 0 aromatic heterocycles. The van der Waals surface area contributed by atoms with E-state index in [-0.39, 0.29) is 30.1 Å². The van der Waals surface area contributed by atoms with Crippen LogP contribution in [0.3, 0.4) is 0 Å². The third-order valence-corrected chi connectivity index (χ3v) is 6.99. The van der Waals surface area contributed by atoms with Crippen molar-refractivity contribution in [3.63, 3.8) is 0 Å². The normalized spacial score (nSPS) is 12.5. The molecule has 3 rings (SSSR count). The number of halogens is 4. The van der Waals surface area contributed by atoms with Crippen LogP contribution in [0.4, 0.5) is 0 Å². The molecule has 3 aromatic rings. The number of amides is 2. The third kappa shape index (κ3) is 8.54. The minimum absolute atomic E-state index is 0.0639. The zero-order chi connectivity index (χ0) is 26.9. The van der Waals surface area contributed by atoms with Gasteiger partial charge in [-0.3, -0.25) is 9.59 Å². The summed E-state index contributed by atoms with van der Waals surface area (Å²) in [6.45, 7) is 3.65. The van der Waals surface area contributed by atoms with Gasteiger partial charge in [0.25, 0.3) is 5.91 Å². The van der Waals surface area contributed by atoms with Gasteiger partial charge in [0.1, 0.15) is 11.8 Å². The molecule has 0 saturated carbocycles. The van der Waals surface area contributed by atoms with E-state index in [9.17, 15) is 9.59 Å². The molecule has 0 bridgehead atoms. The first-order chi connectivity index (χ1) is 17.7. The highest BCUT2D eigenvalue weighted by atomic mass is 35.5. The summed E-state index contributed by atoms with van der Waals surface area (Å²) in [4.78, 5) is 28.7. The van der Waals surface area contributed by atoms with Crippen LogP contribution in [0.25, 0.3) is 0 Å². The molecule has 0 aliphatic heterocycles. The number of ether oxygens (including phenoxy) is 1. The average Bonchev–Trinajstić information content (AvgIpc) is 2.87. The second-order valence-corrected chi connectivity index (χ2v) is 10.3. The fourth-order valence-corrected chi connectivity index (χ4v) is 4.57. The van der Waals surface area contributed by atoms with Crippen molar-refractivity contribution in [1.29, 1.82) is 0 Å². The maximum atomic E-state index is 13.7. The Labute approximate surface area is 237 Å². The van der Waals surface area contributed by atoms with Gasteiger partial charge in [0.2, 0.25) is 5.91 Å². The molecule has 0 aliphatic carbocycles. The molecular formula is C28H28Cl4N2O3. The van der Waals surface area contributed by atoms with E-state index in [2.05, 4.69) is 5.32 Å². The van der Waals surface area contributed by atoms with Crippen molar-refractivity contribution in [2.24, 2.45) is 0 Å². The lowest BCUT2D eigenvalue weighted by Crippen LogP contribution is -2.53. The monoisotopic (exact) mass is 580 g/mol. The summed E-state index contributed by atoms with van der Waals surface area (Å²) in [6, 6.07) is 18.4. The van der Waals surface area contributed by atoms with Gasteiger partial charge in [-0.25, -0.2) is 0 Å². The van der Waals surface area contributed by atoms with Crippen LogP contribution in [0.15, 0.2) is 66.7 Å². The van der Waals surface area contributed by atoms with Gasteiger partial charge in [0.15, 0.2) is 6.61 Å². The van der Waals surface area contributed by atoms with Crippen molar-refractivity contribution in [1.82, 2.24) is 10.2 Å². The number of hydrogen-bond acceptors (Lipinski definition) is 3. The Kier molecular flexibility index (Phi) is 11.0. The van der Waals surface area contributed by atoms with Crippen molar-refractivity contribution < 1.29 is 14.3 Å². The highest BCUT2D eigenvalue weighted by Gasteiger charge is 2.31. The number of nitrogens with one attached hydrogen (secondary N) is 1. The van der Waals surface area contributed by atoms with Crippen LogP contribution in [0.5, 0.6) is 5.75 Å². The smallest absolute Gasteiger partial charge is 0.261 e. The van der Waals surface area contributed by atoms with Gasteiger partial charge < -0.3 is 15.0 Å². The fraction of sp³-hybridized carbons (Fsp3) is 0.286. The molecule has 2 atom stereocenters. The van der Waals surface area contributed by atoms with Gasteiger partial charge in [0.05, 0.1) is 5.02 Å². The van der Waals surface area contributed by atoms with Crippen LogP contribution in [0.1, 0.15) is 31.4 Å². The van der Waals surface area contributed by atoms with Crippen LogP contribution in [-0.4, -0.2) is 35.4 Å². The van der Waals surface area contributed by atoms with Crippen molar-refractivity contribution in [2.75, 3.05) is 6.61 Å². The van der Waals surface area contributed by atoms with E-state index in [0.717, 1.165) is 12.0 Å². The van der Waals surface area contributed by atoms with E-state index in [1.54, 1.807) is 30.3 Å². The molecule has 2 amide bonds. The molecule has 0 saturated heterocycles. The minimum Gasteiger partial charge on any atom is -0.482 e. The Hall–Kier alpha value is -2.44. The molecule has 0 heterocycles. The summed E-state index contributed by atoms with van der Waals surface area (Å²) < 4.78 is 5.74. The maximum Gasteiger partial charge on any atom is 0.261 e. The Balaban J connectivity index is 1.95. The zero-order valence-electron chi connectivity index (χ0n) is 20.5. The Morgan fingerprint density at radius 3 is 2.19 bits per heavy atom. The molecule has 1 N–H and O–H groups in total. The molecule has 37 heavy (non-hydrogen) atoms. The molecule has 5 nitrogen and oxygen atoms in total. The molecule has 3 aromatic carbocycles. The maximum absolute atomic E-state index is 13.7. The Bertz CT molecular complexity index is 1220. The largest absolute Gasteiger partial charge is 0.482 e. The van der Waals surface area contributed by atoms with Crippen LogP contribution >= 0.6 is 46.4 Å². The van der Waals surface area contributed by atoms with Gasteiger partial charge in [-0.1, -0.05) is 89.7 Å². The van der Waals surface area contributed by atoms with Crippen LogP contribution in [0, 0.1) is 0 Å². The average molecular weight is 582 g/mol. The van der Waals surface area contributed by atoms with Crippen molar-refractivity contribution >= 4 is 58.2 Å². The lowest BCUT2D eigenvalue weighted by Gasteiger charge is -2.32. The van der Waals surface area contributed by atoms with Crippen molar-refractivity contribution in [3.8, 4) is 5.75 Å². The highest BCUT2D eigenvalue weighted by molar-refractivity contribution is 6.35. The molecule has 196 valence electrons. The number of benzene rings is 3. The van der Waals surface area contributed by atoms with E-state index in [4.69, 9.17) is 51.1 Å². The number of hydrogen-bond donors (Lipinski definition) is 1. The van der Waals surface area contributed by atoms with Gasteiger partial charge >= 0.3 is 0 Å². The topological polar surface area (TPSA) is 58.6 Å². The highest BCUT2D eigenvalue weighted by Crippen LogP contribution is 2.28. The molecule has 0 fully saturated rings. The number of carbonyl (C=O) groups excluding carboxylic acids is 2. The van der Waals surface area contributed by atoms with E-state index in [1.807, 2.05) is 44.2 Å². The van der Waals surface area contributed by atoms with Gasteiger partial charge in [0, 0.05) is 34.1 Å². The molecular weight excluding hydrogens is 554 g/mol. The minimum atomic E-state index is -0.820. The predicted molar refractivity (Wildman–Crippen MR) is 151 cm³/mol. The number of carbonyl (C=O) groups is 2. The molecule has 0 radical (unpaired) electrons. The van der Waals surface area contributed by atoms with Crippen LogP contribution < -0.4 is 10.1 Å². The van der Waals surface area contributed by atoms with E-state index in [1.165, 1.54) is 11.0 Å². The summed E-state index contributed by atoms with van der Waals surface area (Å²) in [5.74, 6) is -0.356. The van der Waals surface area contributed by atoms with Gasteiger partial charge in [-0.15, -0.1) is 0 Å². The quantitative estimate of drug-likeness (QED) is 0.260. The fourth-order valence-electron chi connectivity index (χ4n) is 3.64. The Morgan fingerprint density at radius 2 is 1.57 bits per heavy atom. The first-order valence-corrected chi connectivity index (χ1v) is 13.3. The number of rotatable bonds is 11. The first-order valence-electron chi connectivity index (χ1n) is 11.8. The summed E-state index contributed by atoms with van der Waals surface area (Å²) in [5, 5.41) is 4.62. The second-order valence-electron chi connectivity index (χ2n) is 8.64. The summed E-state index contributed by atoms with van der Waals surface area (Å²) >= 11 is 24.7. The second kappa shape index (κ2) is 13.9. The SMILES string of the molecule is CC[C@H](C)NC(=O)[C@H](Cc1ccccc1)N(Cc1ccc(Cl)cc1Cl)C(=O)COc1ccc(Cl)cc1Cl. The van der Waals surface area contributed by atoms with E-state index >= 15 is 0 Å². The zero-order valence-corrected chi connectivity index (χ0v) is 23.5. The summed E-state index contributed by atoms with van der Waals surface area (Å²) in [7, 11) is 0. The number of nitrogens with zero attached hydrogens (tertiary/aromatic N) is 1. The molecule has 0 unspecified atom stereocenters.